The van der Waals surface area contributed by atoms with Gasteiger partial charge in [-0.1, -0.05) is 12.1 Å². The van der Waals surface area contributed by atoms with Gasteiger partial charge >= 0.3 is 5.63 Å². The molecule has 0 aliphatic heterocycles. The Labute approximate surface area is 143 Å². The van der Waals surface area contributed by atoms with Crippen LogP contribution in [0.2, 0.25) is 0 Å². The third-order valence-corrected chi connectivity index (χ3v) is 3.34. The summed E-state index contributed by atoms with van der Waals surface area (Å²) >= 11 is 0. The average molecular weight is 345 g/mol. The molecule has 1 aromatic carbocycles. The predicted molar refractivity (Wildman–Crippen MR) is 91.8 cm³/mol. The number of allylic oxidation sites excluding steroid dienone is 1. The molecule has 0 spiro atoms. The van der Waals surface area contributed by atoms with E-state index in [9.17, 15) is 14.4 Å². The maximum atomic E-state index is 11.9. The van der Waals surface area contributed by atoms with Crippen LogP contribution < -0.4 is 27.5 Å². The van der Waals surface area contributed by atoms with Gasteiger partial charge in [-0.15, -0.1) is 0 Å². The maximum Gasteiger partial charge on any atom is 0.365 e. The predicted octanol–water partition coefficient (Wildman–Crippen LogP) is 0.271. The zero-order chi connectivity index (χ0) is 18.6. The van der Waals surface area contributed by atoms with Crippen LogP contribution in [0.15, 0.2) is 51.7 Å². The molecule has 9 nitrogen and oxygen atoms in total. The summed E-state index contributed by atoms with van der Waals surface area (Å²) in [5.41, 5.74) is 6.60. The smallest absolute Gasteiger partial charge is 0.365 e. The molecule has 2 aromatic rings. The summed E-state index contributed by atoms with van der Waals surface area (Å²) in [6, 6.07) is 6.71. The molecule has 5 N–H and O–H groups in total. The minimum absolute atomic E-state index is 0.0299. The van der Waals surface area contributed by atoms with E-state index >= 15 is 0 Å². The zero-order valence-corrected chi connectivity index (χ0v) is 13.9. The molecule has 0 fully saturated rings. The Kier molecular flexibility index (Phi) is 5.40. The Morgan fingerprint density at radius 1 is 1.28 bits per heavy atom. The van der Waals surface area contributed by atoms with Gasteiger partial charge in [0.1, 0.15) is 6.67 Å². The number of rotatable bonds is 6. The summed E-state index contributed by atoms with van der Waals surface area (Å²) < 4.78 is 6.26. The number of nitrogens with two attached hydrogens (primary N) is 2. The van der Waals surface area contributed by atoms with Crippen LogP contribution in [-0.2, 0) is 16.3 Å². The number of hydrogen-bond acceptors (Lipinski definition) is 7. The minimum atomic E-state index is -0.525. The first-order valence-corrected chi connectivity index (χ1v) is 7.35. The van der Waals surface area contributed by atoms with Crippen molar-refractivity contribution in [3.8, 4) is 11.1 Å². The van der Waals surface area contributed by atoms with Crippen LogP contribution in [0.25, 0.3) is 11.1 Å². The van der Waals surface area contributed by atoms with E-state index in [0.29, 0.717) is 16.8 Å². The van der Waals surface area contributed by atoms with Crippen LogP contribution in [-0.4, -0.2) is 16.4 Å². The number of carbonyl (C=O) groups is 2. The van der Waals surface area contributed by atoms with E-state index in [2.05, 4.69) is 5.32 Å². The lowest BCUT2D eigenvalue weighted by molar-refractivity contribution is -0.119. The van der Waals surface area contributed by atoms with Crippen molar-refractivity contribution in [2.24, 2.45) is 11.6 Å². The maximum absolute atomic E-state index is 11.9. The van der Waals surface area contributed by atoms with Gasteiger partial charge in [0.05, 0.1) is 23.1 Å². The zero-order valence-electron chi connectivity index (χ0n) is 13.9. The molecule has 0 radical (unpaired) electrons. The van der Waals surface area contributed by atoms with Gasteiger partial charge in [-0.3, -0.25) is 14.6 Å². The number of benzene rings is 1. The van der Waals surface area contributed by atoms with E-state index in [-0.39, 0.29) is 24.1 Å². The van der Waals surface area contributed by atoms with Crippen LogP contribution in [0.5, 0.6) is 0 Å². The highest BCUT2D eigenvalue weighted by atomic mass is 16.5. The van der Waals surface area contributed by atoms with Gasteiger partial charge in [-0.05, 0) is 17.7 Å². The highest BCUT2D eigenvalue weighted by Gasteiger charge is 2.10. The minimum Gasteiger partial charge on any atom is -0.395 e. The SMILES string of the molecule is CC(=O)NCn1cc(-c2ccc(N(N)/C=C(\N)C(C)=O)cc2)c(=O)o1. The largest absolute Gasteiger partial charge is 0.395 e. The second-order valence-corrected chi connectivity index (χ2v) is 5.32. The summed E-state index contributed by atoms with van der Waals surface area (Å²) in [5, 5.41) is 3.74. The third kappa shape index (κ3) is 4.58. The van der Waals surface area contributed by atoms with E-state index < -0.39 is 5.63 Å². The molecule has 2 rings (SSSR count). The van der Waals surface area contributed by atoms with Gasteiger partial charge in [0.15, 0.2) is 5.78 Å². The van der Waals surface area contributed by atoms with E-state index in [0.717, 1.165) is 0 Å². The van der Waals surface area contributed by atoms with E-state index in [1.807, 2.05) is 0 Å². The standard InChI is InChI=1S/C16H19N5O4/c1-10(22)15(17)8-21(18)13-5-3-12(4-6-13)14-7-20(25-16(14)24)9-19-11(2)23/h3-8H,9,17-18H2,1-2H3,(H,19,23)/b15-8-. The van der Waals surface area contributed by atoms with Crippen LogP contribution in [0.3, 0.4) is 0 Å². The number of Topliss-reactive ketones (excluding diaryl/α,β-unsaturated/α-hetero) is 1. The molecule has 0 aliphatic carbocycles. The molecule has 0 saturated carbocycles. The van der Waals surface area contributed by atoms with Crippen molar-refractivity contribution in [3.63, 3.8) is 0 Å². The Balaban J connectivity index is 2.20. The van der Waals surface area contributed by atoms with Crippen molar-refractivity contribution in [1.82, 2.24) is 10.1 Å². The van der Waals surface area contributed by atoms with E-state index in [1.165, 1.54) is 36.0 Å². The summed E-state index contributed by atoms with van der Waals surface area (Å²) in [5.74, 6) is 5.30. The van der Waals surface area contributed by atoms with Gasteiger partial charge in [0.2, 0.25) is 5.91 Å². The number of amides is 1. The lowest BCUT2D eigenvalue weighted by Gasteiger charge is -2.14. The Bertz CT molecular complexity index is 863. The van der Waals surface area contributed by atoms with Crippen molar-refractivity contribution in [1.29, 1.82) is 0 Å². The fourth-order valence-corrected chi connectivity index (χ4v) is 1.97. The normalized spacial score (nSPS) is 11.2. The molecule has 1 amide bonds. The Hall–Kier alpha value is -3.33. The van der Waals surface area contributed by atoms with Gasteiger partial charge < -0.3 is 15.6 Å². The van der Waals surface area contributed by atoms with Crippen LogP contribution in [0.1, 0.15) is 13.8 Å². The fraction of sp³-hybridized carbons (Fsp3) is 0.188. The molecule has 0 aliphatic rings. The van der Waals surface area contributed by atoms with Crippen LogP contribution in [0.4, 0.5) is 5.69 Å². The van der Waals surface area contributed by atoms with Crippen molar-refractivity contribution in [2.45, 2.75) is 20.5 Å². The van der Waals surface area contributed by atoms with Crippen molar-refractivity contribution in [3.05, 3.63) is 52.8 Å². The monoisotopic (exact) mass is 345 g/mol. The first-order chi connectivity index (χ1) is 11.8. The summed E-state index contributed by atoms with van der Waals surface area (Å²) in [6.45, 7) is 2.77. The molecule has 0 unspecified atom stereocenters. The van der Waals surface area contributed by atoms with Crippen molar-refractivity contribution < 1.29 is 14.1 Å². The molecule has 0 atom stereocenters. The lowest BCUT2D eigenvalue weighted by atomic mass is 10.1. The van der Waals surface area contributed by atoms with Gasteiger partial charge in [0, 0.05) is 20.0 Å². The highest BCUT2D eigenvalue weighted by molar-refractivity contribution is 5.92. The number of carbonyl (C=O) groups excluding carboxylic acids is 2. The molecule has 132 valence electrons. The van der Waals surface area contributed by atoms with E-state index in [4.69, 9.17) is 16.1 Å². The molecule has 0 saturated heterocycles. The average Bonchev–Trinajstić information content (AvgIpc) is 2.93. The summed E-state index contributed by atoms with van der Waals surface area (Å²) in [6.07, 6.45) is 2.82. The summed E-state index contributed by atoms with van der Waals surface area (Å²) in [4.78, 5) is 34.0. The first-order valence-electron chi connectivity index (χ1n) is 7.35. The quantitative estimate of drug-likeness (QED) is 0.388. The molecular weight excluding hydrogens is 326 g/mol. The second kappa shape index (κ2) is 7.49. The van der Waals surface area contributed by atoms with Crippen molar-refractivity contribution >= 4 is 17.4 Å². The first kappa shape index (κ1) is 18.0. The molecule has 25 heavy (non-hydrogen) atoms. The summed E-state index contributed by atoms with van der Waals surface area (Å²) in [7, 11) is 0. The van der Waals surface area contributed by atoms with Gasteiger partial charge in [0.25, 0.3) is 0 Å². The number of nitrogens with zero attached hydrogens (tertiary/aromatic N) is 2. The van der Waals surface area contributed by atoms with Gasteiger partial charge in [-0.2, -0.15) is 4.74 Å². The fourth-order valence-electron chi connectivity index (χ4n) is 1.97. The molecule has 0 bridgehead atoms. The number of hydrazine groups is 1. The number of ketones is 1. The van der Waals surface area contributed by atoms with Crippen molar-refractivity contribution in [2.75, 3.05) is 5.01 Å². The Morgan fingerprint density at radius 3 is 2.48 bits per heavy atom. The van der Waals surface area contributed by atoms with Gasteiger partial charge in [-0.25, -0.2) is 10.6 Å². The second-order valence-electron chi connectivity index (χ2n) is 5.32. The van der Waals surface area contributed by atoms with Crippen LogP contribution in [0, 0.1) is 0 Å². The number of hydrogen-bond donors (Lipinski definition) is 3. The molecule has 9 heteroatoms. The molecule has 1 aromatic heterocycles. The highest BCUT2D eigenvalue weighted by Crippen LogP contribution is 2.20. The topological polar surface area (TPSA) is 137 Å². The third-order valence-electron chi connectivity index (χ3n) is 3.34. The van der Waals surface area contributed by atoms with E-state index in [1.54, 1.807) is 24.3 Å². The number of nitrogens with one attached hydrogen (secondary N) is 1. The molecular formula is C16H19N5O4. The number of anilines is 1. The number of aromatic nitrogens is 1. The molecule has 1 heterocycles. The lowest BCUT2D eigenvalue weighted by Crippen LogP contribution is -2.27. The van der Waals surface area contributed by atoms with Crippen LogP contribution >= 0.6 is 0 Å². The Morgan fingerprint density at radius 2 is 1.92 bits per heavy atom.